The Morgan fingerprint density at radius 2 is 2.16 bits per heavy atom. The fourth-order valence-electron chi connectivity index (χ4n) is 2.21. The van der Waals surface area contributed by atoms with Crippen LogP contribution in [0.1, 0.15) is 31.5 Å². The number of carbonyl (C=O) groups is 1. The molecular weight excluding hydrogens is 242 g/mol. The summed E-state index contributed by atoms with van der Waals surface area (Å²) in [6.45, 7) is 8.81. The Labute approximate surface area is 114 Å². The van der Waals surface area contributed by atoms with Crippen LogP contribution in [0.15, 0.2) is 0 Å². The number of rotatable bonds is 8. The van der Waals surface area contributed by atoms with E-state index in [4.69, 9.17) is 5.73 Å². The summed E-state index contributed by atoms with van der Waals surface area (Å²) in [4.78, 5) is 13.1. The third kappa shape index (κ3) is 3.96. The molecule has 0 aromatic carbocycles. The second kappa shape index (κ2) is 7.13. The molecule has 0 aliphatic carbocycles. The van der Waals surface area contributed by atoms with Crippen LogP contribution in [-0.4, -0.2) is 35.3 Å². The molecule has 6 nitrogen and oxygen atoms in total. The Morgan fingerprint density at radius 1 is 1.47 bits per heavy atom. The quantitative estimate of drug-likeness (QED) is 0.674. The van der Waals surface area contributed by atoms with Gasteiger partial charge < -0.3 is 16.0 Å². The minimum absolute atomic E-state index is 0.219. The SMILES string of the molecule is CCCNCc1c(C)nn(C)c1N(CC)CC(N)=O. The van der Waals surface area contributed by atoms with Crippen molar-refractivity contribution >= 4 is 11.7 Å². The normalized spacial score (nSPS) is 10.7. The number of nitrogens with one attached hydrogen (secondary N) is 1. The second-order valence-corrected chi connectivity index (χ2v) is 4.67. The molecule has 1 aromatic rings. The third-order valence-corrected chi connectivity index (χ3v) is 3.07. The van der Waals surface area contributed by atoms with Crippen molar-refractivity contribution < 1.29 is 4.79 Å². The van der Waals surface area contributed by atoms with Gasteiger partial charge in [0.25, 0.3) is 0 Å². The van der Waals surface area contributed by atoms with E-state index in [1.54, 1.807) is 0 Å². The number of amides is 1. The molecule has 6 heteroatoms. The van der Waals surface area contributed by atoms with E-state index < -0.39 is 0 Å². The van der Waals surface area contributed by atoms with Crippen molar-refractivity contribution in [1.29, 1.82) is 0 Å². The highest BCUT2D eigenvalue weighted by atomic mass is 16.1. The second-order valence-electron chi connectivity index (χ2n) is 4.67. The van der Waals surface area contributed by atoms with Gasteiger partial charge in [-0.15, -0.1) is 0 Å². The Hall–Kier alpha value is -1.56. The van der Waals surface area contributed by atoms with Gasteiger partial charge in [0.05, 0.1) is 12.2 Å². The van der Waals surface area contributed by atoms with Crippen LogP contribution in [0.25, 0.3) is 0 Å². The van der Waals surface area contributed by atoms with Crippen molar-refractivity contribution in [3.8, 4) is 0 Å². The summed E-state index contributed by atoms with van der Waals surface area (Å²) >= 11 is 0. The average molecular weight is 267 g/mol. The molecule has 1 heterocycles. The summed E-state index contributed by atoms with van der Waals surface area (Å²) in [7, 11) is 1.90. The molecule has 3 N–H and O–H groups in total. The van der Waals surface area contributed by atoms with E-state index in [0.717, 1.165) is 43.1 Å². The smallest absolute Gasteiger partial charge is 0.236 e. The number of primary amides is 1. The van der Waals surface area contributed by atoms with Gasteiger partial charge in [0.15, 0.2) is 0 Å². The lowest BCUT2D eigenvalue weighted by Gasteiger charge is -2.23. The Morgan fingerprint density at radius 3 is 2.68 bits per heavy atom. The van der Waals surface area contributed by atoms with Crippen molar-refractivity contribution in [2.24, 2.45) is 12.8 Å². The summed E-state index contributed by atoms with van der Waals surface area (Å²) in [6.07, 6.45) is 1.09. The molecule has 19 heavy (non-hydrogen) atoms. The number of aromatic nitrogens is 2. The fraction of sp³-hybridized carbons (Fsp3) is 0.692. The van der Waals surface area contributed by atoms with Crippen LogP contribution in [0.4, 0.5) is 5.82 Å². The van der Waals surface area contributed by atoms with Crippen molar-refractivity contribution in [2.45, 2.75) is 33.7 Å². The van der Waals surface area contributed by atoms with Gasteiger partial charge in [0, 0.05) is 25.7 Å². The predicted molar refractivity (Wildman–Crippen MR) is 77.0 cm³/mol. The molecule has 0 bridgehead atoms. The number of nitrogens with two attached hydrogens (primary N) is 1. The summed E-state index contributed by atoms with van der Waals surface area (Å²) in [5.41, 5.74) is 7.44. The first kappa shape index (κ1) is 15.5. The maximum atomic E-state index is 11.2. The maximum Gasteiger partial charge on any atom is 0.236 e. The zero-order valence-corrected chi connectivity index (χ0v) is 12.4. The zero-order valence-electron chi connectivity index (χ0n) is 12.4. The third-order valence-electron chi connectivity index (χ3n) is 3.07. The number of likely N-dealkylation sites (N-methyl/N-ethyl adjacent to an activating group) is 1. The minimum atomic E-state index is -0.326. The number of carbonyl (C=O) groups excluding carboxylic acids is 1. The Bertz CT molecular complexity index is 427. The van der Waals surface area contributed by atoms with E-state index in [9.17, 15) is 4.79 Å². The van der Waals surface area contributed by atoms with Crippen LogP contribution >= 0.6 is 0 Å². The topological polar surface area (TPSA) is 76.2 Å². The van der Waals surface area contributed by atoms with Crippen molar-refractivity contribution in [2.75, 3.05) is 24.5 Å². The highest BCUT2D eigenvalue weighted by molar-refractivity contribution is 5.79. The number of hydrogen-bond acceptors (Lipinski definition) is 4. The standard InChI is InChI=1S/C13H25N5O/c1-5-7-15-8-11-10(3)16-17(4)13(11)18(6-2)9-12(14)19/h15H,5-9H2,1-4H3,(H2,14,19). The van der Waals surface area contributed by atoms with Crippen LogP contribution in [0.2, 0.25) is 0 Å². The van der Waals surface area contributed by atoms with Crippen LogP contribution in [-0.2, 0) is 18.4 Å². The first-order valence-corrected chi connectivity index (χ1v) is 6.77. The lowest BCUT2D eigenvalue weighted by molar-refractivity contribution is -0.116. The molecule has 0 fully saturated rings. The van der Waals surface area contributed by atoms with Gasteiger partial charge in [-0.25, -0.2) is 0 Å². The largest absolute Gasteiger partial charge is 0.368 e. The van der Waals surface area contributed by atoms with Crippen LogP contribution in [0.5, 0.6) is 0 Å². The fourth-order valence-corrected chi connectivity index (χ4v) is 2.21. The van der Waals surface area contributed by atoms with E-state index >= 15 is 0 Å². The molecule has 1 amide bonds. The van der Waals surface area contributed by atoms with E-state index in [1.165, 1.54) is 0 Å². The molecule has 1 aromatic heterocycles. The summed E-state index contributed by atoms with van der Waals surface area (Å²) in [6, 6.07) is 0. The number of aryl methyl sites for hydroxylation is 2. The monoisotopic (exact) mass is 267 g/mol. The van der Waals surface area contributed by atoms with Crippen LogP contribution in [0, 0.1) is 6.92 Å². The molecule has 0 aliphatic heterocycles. The van der Waals surface area contributed by atoms with Crippen LogP contribution < -0.4 is 16.0 Å². The molecule has 0 spiro atoms. The van der Waals surface area contributed by atoms with E-state index in [0.29, 0.717) is 0 Å². The lowest BCUT2D eigenvalue weighted by atomic mass is 10.2. The molecule has 0 radical (unpaired) electrons. The van der Waals surface area contributed by atoms with Gasteiger partial charge in [-0.05, 0) is 26.8 Å². The van der Waals surface area contributed by atoms with E-state index in [2.05, 4.69) is 17.3 Å². The van der Waals surface area contributed by atoms with Crippen molar-refractivity contribution in [3.05, 3.63) is 11.3 Å². The molecule has 1 rings (SSSR count). The number of anilines is 1. The summed E-state index contributed by atoms with van der Waals surface area (Å²) in [5, 5.41) is 7.83. The number of nitrogens with zero attached hydrogens (tertiary/aromatic N) is 3. The lowest BCUT2D eigenvalue weighted by Crippen LogP contribution is -2.35. The summed E-state index contributed by atoms with van der Waals surface area (Å²) < 4.78 is 1.82. The van der Waals surface area contributed by atoms with E-state index in [-0.39, 0.29) is 12.5 Å². The van der Waals surface area contributed by atoms with Gasteiger partial charge in [0.2, 0.25) is 5.91 Å². The van der Waals surface area contributed by atoms with Crippen LogP contribution in [0.3, 0.4) is 0 Å². The highest BCUT2D eigenvalue weighted by Crippen LogP contribution is 2.22. The first-order chi connectivity index (χ1) is 9.01. The Kier molecular flexibility index (Phi) is 5.82. The molecule has 0 aliphatic rings. The Balaban J connectivity index is 2.99. The predicted octanol–water partition coefficient (Wildman–Crippen LogP) is 0.540. The molecule has 0 atom stereocenters. The van der Waals surface area contributed by atoms with Gasteiger partial charge >= 0.3 is 0 Å². The molecule has 0 saturated heterocycles. The zero-order chi connectivity index (χ0) is 14.4. The highest BCUT2D eigenvalue weighted by Gasteiger charge is 2.19. The van der Waals surface area contributed by atoms with Crippen molar-refractivity contribution in [1.82, 2.24) is 15.1 Å². The van der Waals surface area contributed by atoms with Gasteiger partial charge in [0.1, 0.15) is 5.82 Å². The first-order valence-electron chi connectivity index (χ1n) is 6.77. The molecule has 0 unspecified atom stereocenters. The van der Waals surface area contributed by atoms with Gasteiger partial charge in [-0.3, -0.25) is 9.48 Å². The average Bonchev–Trinajstić information content (AvgIpc) is 2.62. The molecule has 0 saturated carbocycles. The van der Waals surface area contributed by atoms with E-state index in [1.807, 2.05) is 30.5 Å². The van der Waals surface area contributed by atoms with Gasteiger partial charge in [-0.1, -0.05) is 6.92 Å². The maximum absolute atomic E-state index is 11.2. The molecular formula is C13H25N5O. The van der Waals surface area contributed by atoms with Crippen molar-refractivity contribution in [3.63, 3.8) is 0 Å². The number of hydrogen-bond donors (Lipinski definition) is 2. The molecule has 108 valence electrons. The summed E-state index contributed by atoms with van der Waals surface area (Å²) in [5.74, 6) is 0.649. The minimum Gasteiger partial charge on any atom is -0.368 e. The van der Waals surface area contributed by atoms with Gasteiger partial charge in [-0.2, -0.15) is 5.10 Å².